The number of amides is 1. The normalized spacial score (nSPS) is 10.6. The van der Waals surface area contributed by atoms with E-state index in [-0.39, 0.29) is 18.1 Å². The molecule has 0 saturated heterocycles. The SMILES string of the molecule is CCc1nc(C)sc1CNC(=O)c1cc(F)ccc1OCCN. The maximum absolute atomic E-state index is 13.4. The predicted molar refractivity (Wildman–Crippen MR) is 88.3 cm³/mol. The first-order valence-corrected chi connectivity index (χ1v) is 8.22. The van der Waals surface area contributed by atoms with Gasteiger partial charge in [-0.3, -0.25) is 4.79 Å². The lowest BCUT2D eigenvalue weighted by atomic mass is 10.1. The van der Waals surface area contributed by atoms with Crippen molar-refractivity contribution >= 4 is 17.2 Å². The smallest absolute Gasteiger partial charge is 0.255 e. The third-order valence-electron chi connectivity index (χ3n) is 3.19. The van der Waals surface area contributed by atoms with Gasteiger partial charge in [0.1, 0.15) is 18.2 Å². The van der Waals surface area contributed by atoms with Crippen molar-refractivity contribution in [2.45, 2.75) is 26.8 Å². The van der Waals surface area contributed by atoms with Gasteiger partial charge in [-0.15, -0.1) is 11.3 Å². The van der Waals surface area contributed by atoms with Crippen molar-refractivity contribution in [2.75, 3.05) is 13.2 Å². The molecule has 0 unspecified atom stereocenters. The Labute approximate surface area is 138 Å². The summed E-state index contributed by atoms with van der Waals surface area (Å²) in [6, 6.07) is 3.86. The van der Waals surface area contributed by atoms with Gasteiger partial charge < -0.3 is 15.8 Å². The van der Waals surface area contributed by atoms with Crippen LogP contribution in [-0.2, 0) is 13.0 Å². The number of hydrogen-bond donors (Lipinski definition) is 2. The fourth-order valence-corrected chi connectivity index (χ4v) is 3.12. The molecule has 0 atom stereocenters. The number of benzene rings is 1. The predicted octanol–water partition coefficient (Wildman–Crippen LogP) is 2.42. The van der Waals surface area contributed by atoms with Crippen molar-refractivity contribution in [1.29, 1.82) is 0 Å². The Bertz CT molecular complexity index is 688. The van der Waals surface area contributed by atoms with Gasteiger partial charge in [-0.05, 0) is 31.5 Å². The molecule has 2 aromatic rings. The van der Waals surface area contributed by atoms with E-state index in [0.29, 0.717) is 18.8 Å². The minimum atomic E-state index is -0.488. The number of halogens is 1. The summed E-state index contributed by atoms with van der Waals surface area (Å²) in [7, 11) is 0. The summed E-state index contributed by atoms with van der Waals surface area (Å²) in [6.45, 7) is 4.89. The van der Waals surface area contributed by atoms with Crippen molar-refractivity contribution in [2.24, 2.45) is 5.73 Å². The number of rotatable bonds is 7. The van der Waals surface area contributed by atoms with Gasteiger partial charge in [0.15, 0.2) is 0 Å². The number of ether oxygens (including phenoxy) is 1. The van der Waals surface area contributed by atoms with Crippen LogP contribution in [0.25, 0.3) is 0 Å². The number of nitrogens with two attached hydrogens (primary N) is 1. The zero-order valence-electron chi connectivity index (χ0n) is 13.2. The molecule has 3 N–H and O–H groups in total. The molecule has 0 aliphatic heterocycles. The van der Waals surface area contributed by atoms with E-state index in [4.69, 9.17) is 10.5 Å². The van der Waals surface area contributed by atoms with E-state index in [1.807, 2.05) is 13.8 Å². The Morgan fingerprint density at radius 3 is 2.96 bits per heavy atom. The highest BCUT2D eigenvalue weighted by Crippen LogP contribution is 2.21. The Hall–Kier alpha value is -1.99. The molecule has 2 rings (SSSR count). The summed E-state index contributed by atoms with van der Waals surface area (Å²) in [6.07, 6.45) is 0.806. The van der Waals surface area contributed by atoms with Crippen LogP contribution in [0.15, 0.2) is 18.2 Å². The van der Waals surface area contributed by atoms with Crippen LogP contribution in [0.5, 0.6) is 5.75 Å². The fraction of sp³-hybridized carbons (Fsp3) is 0.375. The zero-order valence-corrected chi connectivity index (χ0v) is 14.0. The molecule has 1 aromatic heterocycles. The van der Waals surface area contributed by atoms with E-state index in [0.717, 1.165) is 22.0 Å². The van der Waals surface area contributed by atoms with Crippen LogP contribution in [0.3, 0.4) is 0 Å². The summed E-state index contributed by atoms with van der Waals surface area (Å²) in [5, 5.41) is 3.76. The first-order valence-electron chi connectivity index (χ1n) is 7.41. The first kappa shape index (κ1) is 17.4. The van der Waals surface area contributed by atoms with Gasteiger partial charge in [-0.2, -0.15) is 0 Å². The topological polar surface area (TPSA) is 77.2 Å². The minimum absolute atomic E-state index is 0.165. The molecule has 0 fully saturated rings. The highest BCUT2D eigenvalue weighted by atomic mass is 32.1. The molecular weight excluding hydrogens is 317 g/mol. The molecule has 0 saturated carbocycles. The maximum Gasteiger partial charge on any atom is 0.255 e. The molecule has 0 aliphatic rings. The second kappa shape index (κ2) is 8.03. The van der Waals surface area contributed by atoms with E-state index in [2.05, 4.69) is 10.3 Å². The number of thiazole rings is 1. The van der Waals surface area contributed by atoms with E-state index in [1.165, 1.54) is 18.2 Å². The Balaban J connectivity index is 2.12. The molecule has 23 heavy (non-hydrogen) atoms. The summed E-state index contributed by atoms with van der Waals surface area (Å²) in [5.41, 5.74) is 6.54. The van der Waals surface area contributed by atoms with Crippen LogP contribution in [0, 0.1) is 12.7 Å². The monoisotopic (exact) mass is 337 g/mol. The van der Waals surface area contributed by atoms with Gasteiger partial charge in [-0.1, -0.05) is 6.92 Å². The average molecular weight is 337 g/mol. The molecule has 124 valence electrons. The fourth-order valence-electron chi connectivity index (χ4n) is 2.16. The molecule has 5 nitrogen and oxygen atoms in total. The van der Waals surface area contributed by atoms with E-state index < -0.39 is 5.82 Å². The molecule has 0 radical (unpaired) electrons. The second-order valence-corrected chi connectivity index (χ2v) is 6.20. The number of carbonyl (C=O) groups excluding carboxylic acids is 1. The molecule has 7 heteroatoms. The third kappa shape index (κ3) is 4.49. The van der Waals surface area contributed by atoms with Crippen LogP contribution in [0.4, 0.5) is 4.39 Å². The quantitative estimate of drug-likeness (QED) is 0.813. The number of aromatic nitrogens is 1. The van der Waals surface area contributed by atoms with Gasteiger partial charge in [0.2, 0.25) is 0 Å². The van der Waals surface area contributed by atoms with E-state index in [9.17, 15) is 9.18 Å². The van der Waals surface area contributed by atoms with Gasteiger partial charge in [0, 0.05) is 11.4 Å². The van der Waals surface area contributed by atoms with Crippen LogP contribution in [0.1, 0.15) is 32.9 Å². The molecule has 1 aromatic carbocycles. The van der Waals surface area contributed by atoms with Crippen molar-refractivity contribution in [3.05, 3.63) is 45.2 Å². The van der Waals surface area contributed by atoms with Gasteiger partial charge in [-0.25, -0.2) is 9.37 Å². The van der Waals surface area contributed by atoms with Crippen LogP contribution < -0.4 is 15.8 Å². The highest BCUT2D eigenvalue weighted by molar-refractivity contribution is 7.11. The number of aryl methyl sites for hydroxylation is 2. The minimum Gasteiger partial charge on any atom is -0.491 e. The third-order valence-corrected chi connectivity index (χ3v) is 4.20. The molecule has 0 bridgehead atoms. The van der Waals surface area contributed by atoms with Crippen LogP contribution in [-0.4, -0.2) is 24.0 Å². The highest BCUT2D eigenvalue weighted by Gasteiger charge is 2.15. The van der Waals surface area contributed by atoms with Crippen LogP contribution in [0.2, 0.25) is 0 Å². The first-order chi connectivity index (χ1) is 11.0. The van der Waals surface area contributed by atoms with Crippen molar-refractivity contribution < 1.29 is 13.9 Å². The number of hydrogen-bond acceptors (Lipinski definition) is 5. The van der Waals surface area contributed by atoms with E-state index in [1.54, 1.807) is 11.3 Å². The Kier molecular flexibility index (Phi) is 6.06. The number of carbonyl (C=O) groups is 1. The lowest BCUT2D eigenvalue weighted by Gasteiger charge is -2.11. The standard InChI is InChI=1S/C16H20FN3O2S/c1-3-13-15(23-10(2)20-13)9-19-16(21)12-8-11(17)4-5-14(12)22-7-6-18/h4-5,8H,3,6-7,9,18H2,1-2H3,(H,19,21). The van der Waals surface area contributed by atoms with E-state index >= 15 is 0 Å². The van der Waals surface area contributed by atoms with Gasteiger partial charge in [0.25, 0.3) is 5.91 Å². The number of nitrogens with one attached hydrogen (secondary N) is 1. The summed E-state index contributed by atoms with van der Waals surface area (Å²) < 4.78 is 18.8. The maximum atomic E-state index is 13.4. The Morgan fingerprint density at radius 2 is 2.26 bits per heavy atom. The van der Waals surface area contributed by atoms with Crippen molar-refractivity contribution in [1.82, 2.24) is 10.3 Å². The van der Waals surface area contributed by atoms with Gasteiger partial charge >= 0.3 is 0 Å². The van der Waals surface area contributed by atoms with Crippen molar-refractivity contribution in [3.63, 3.8) is 0 Å². The largest absolute Gasteiger partial charge is 0.491 e. The molecule has 1 heterocycles. The van der Waals surface area contributed by atoms with Gasteiger partial charge in [0.05, 0.1) is 22.8 Å². The summed E-state index contributed by atoms with van der Waals surface area (Å²) in [5.74, 6) is -0.548. The Morgan fingerprint density at radius 1 is 1.48 bits per heavy atom. The lowest BCUT2D eigenvalue weighted by Crippen LogP contribution is -2.24. The average Bonchev–Trinajstić information content (AvgIpc) is 2.91. The second-order valence-electron chi connectivity index (χ2n) is 4.92. The summed E-state index contributed by atoms with van der Waals surface area (Å²) in [4.78, 5) is 17.8. The lowest BCUT2D eigenvalue weighted by molar-refractivity contribution is 0.0946. The zero-order chi connectivity index (χ0) is 16.8. The van der Waals surface area contributed by atoms with Crippen molar-refractivity contribution in [3.8, 4) is 5.75 Å². The molecular formula is C16H20FN3O2S. The van der Waals surface area contributed by atoms with Crippen LogP contribution >= 0.6 is 11.3 Å². The number of nitrogens with zero attached hydrogens (tertiary/aromatic N) is 1. The molecule has 1 amide bonds. The molecule has 0 aliphatic carbocycles. The molecule has 0 spiro atoms. The summed E-state index contributed by atoms with van der Waals surface area (Å²) >= 11 is 1.55.